The molecular formula is C26H35N5O3. The van der Waals surface area contributed by atoms with Crippen LogP contribution < -0.4 is 9.64 Å². The van der Waals surface area contributed by atoms with Crippen molar-refractivity contribution in [3.63, 3.8) is 0 Å². The number of aromatic nitrogens is 2. The zero-order chi connectivity index (χ0) is 24.1. The van der Waals surface area contributed by atoms with Crippen LogP contribution in [0.1, 0.15) is 44.1 Å². The van der Waals surface area contributed by atoms with Gasteiger partial charge in [-0.3, -0.25) is 9.59 Å². The van der Waals surface area contributed by atoms with Crippen molar-refractivity contribution in [3.05, 3.63) is 47.9 Å². The van der Waals surface area contributed by atoms with E-state index in [4.69, 9.17) is 9.72 Å². The van der Waals surface area contributed by atoms with Gasteiger partial charge < -0.3 is 19.4 Å². The van der Waals surface area contributed by atoms with E-state index in [-0.39, 0.29) is 30.3 Å². The first kappa shape index (κ1) is 24.0. The number of aryl methyl sites for hydroxylation is 1. The predicted molar refractivity (Wildman–Crippen MR) is 131 cm³/mol. The molecule has 8 nitrogen and oxygen atoms in total. The fraction of sp³-hybridized carbons (Fsp3) is 0.538. The summed E-state index contributed by atoms with van der Waals surface area (Å²) in [4.78, 5) is 41.0. The molecule has 0 saturated carbocycles. The summed E-state index contributed by atoms with van der Waals surface area (Å²) < 4.78 is 5.58. The van der Waals surface area contributed by atoms with Crippen molar-refractivity contribution in [3.8, 4) is 5.75 Å². The van der Waals surface area contributed by atoms with Crippen LogP contribution in [0.4, 0.5) is 5.82 Å². The summed E-state index contributed by atoms with van der Waals surface area (Å²) in [5.41, 5.74) is 0.975. The smallest absolute Gasteiger partial charge is 0.260 e. The van der Waals surface area contributed by atoms with E-state index in [2.05, 4.69) is 23.7 Å². The maximum atomic E-state index is 13.1. The van der Waals surface area contributed by atoms with Gasteiger partial charge in [-0.25, -0.2) is 9.97 Å². The lowest BCUT2D eigenvalue weighted by Gasteiger charge is -2.39. The van der Waals surface area contributed by atoms with Crippen LogP contribution >= 0.6 is 0 Å². The minimum Gasteiger partial charge on any atom is -0.484 e. The second kappa shape index (κ2) is 10.8. The lowest BCUT2D eigenvalue weighted by atomic mass is 9.95. The molecule has 182 valence electrons. The van der Waals surface area contributed by atoms with E-state index >= 15 is 0 Å². The van der Waals surface area contributed by atoms with Crippen LogP contribution in [0.25, 0.3) is 0 Å². The van der Waals surface area contributed by atoms with Gasteiger partial charge in [-0.05, 0) is 31.9 Å². The van der Waals surface area contributed by atoms with Gasteiger partial charge in [0.25, 0.3) is 5.91 Å². The van der Waals surface area contributed by atoms with Crippen molar-refractivity contribution in [2.75, 3.05) is 50.8 Å². The number of nitrogens with zero attached hydrogens (tertiary/aromatic N) is 5. The summed E-state index contributed by atoms with van der Waals surface area (Å²) in [5.74, 6) is 2.97. The van der Waals surface area contributed by atoms with Gasteiger partial charge >= 0.3 is 0 Å². The van der Waals surface area contributed by atoms with Gasteiger partial charge in [-0.15, -0.1) is 0 Å². The van der Waals surface area contributed by atoms with Crippen molar-refractivity contribution in [1.82, 2.24) is 19.8 Å². The first-order valence-corrected chi connectivity index (χ1v) is 12.3. The molecule has 2 amide bonds. The summed E-state index contributed by atoms with van der Waals surface area (Å²) in [6.07, 6.45) is 1.41. The Hall–Kier alpha value is -3.16. The number of hydrogen-bond donors (Lipinski definition) is 0. The SMILES string of the molecule is Cc1cc(N2CCN(C(=O)C3CCN(C(=O)COc4ccccc4)CC3)CC2)nc(C(C)C)n1. The molecule has 4 rings (SSSR count). The number of ether oxygens (including phenoxy) is 1. The summed E-state index contributed by atoms with van der Waals surface area (Å²) >= 11 is 0. The van der Waals surface area contributed by atoms with Gasteiger partial charge in [0.05, 0.1) is 0 Å². The molecule has 2 aromatic rings. The summed E-state index contributed by atoms with van der Waals surface area (Å²) in [6, 6.07) is 11.4. The Morgan fingerprint density at radius 3 is 2.29 bits per heavy atom. The van der Waals surface area contributed by atoms with E-state index in [1.54, 1.807) is 0 Å². The Kier molecular flexibility index (Phi) is 7.65. The average molecular weight is 466 g/mol. The van der Waals surface area contributed by atoms with Crippen molar-refractivity contribution in [1.29, 1.82) is 0 Å². The van der Waals surface area contributed by atoms with Crippen LogP contribution in [0, 0.1) is 12.8 Å². The van der Waals surface area contributed by atoms with Gasteiger partial charge in [-0.2, -0.15) is 0 Å². The molecule has 1 aromatic heterocycles. The van der Waals surface area contributed by atoms with Gasteiger partial charge in [0.15, 0.2) is 6.61 Å². The van der Waals surface area contributed by atoms with E-state index in [1.165, 1.54) is 0 Å². The molecule has 2 aliphatic heterocycles. The number of para-hydroxylation sites is 1. The maximum Gasteiger partial charge on any atom is 0.260 e. The molecule has 0 atom stereocenters. The number of piperidine rings is 1. The monoisotopic (exact) mass is 465 g/mol. The highest BCUT2D eigenvalue weighted by Crippen LogP contribution is 2.23. The third-order valence-electron chi connectivity index (χ3n) is 6.59. The fourth-order valence-corrected chi connectivity index (χ4v) is 4.54. The number of carbonyl (C=O) groups is 2. The Balaban J connectivity index is 1.23. The molecule has 34 heavy (non-hydrogen) atoms. The molecule has 2 aliphatic rings. The molecule has 0 aliphatic carbocycles. The van der Waals surface area contributed by atoms with E-state index in [1.807, 2.05) is 53.1 Å². The van der Waals surface area contributed by atoms with Gasteiger partial charge in [0, 0.05) is 62.9 Å². The Morgan fingerprint density at radius 1 is 0.971 bits per heavy atom. The largest absolute Gasteiger partial charge is 0.484 e. The Labute approximate surface area is 201 Å². The predicted octanol–water partition coefficient (Wildman–Crippen LogP) is 2.87. The fourth-order valence-electron chi connectivity index (χ4n) is 4.54. The normalized spacial score (nSPS) is 17.2. The minimum atomic E-state index is -0.0238. The van der Waals surface area contributed by atoms with Crippen LogP contribution in [0.2, 0.25) is 0 Å². The van der Waals surface area contributed by atoms with Gasteiger partial charge in [0.2, 0.25) is 5.91 Å². The molecule has 3 heterocycles. The van der Waals surface area contributed by atoms with Crippen molar-refractivity contribution in [2.45, 2.75) is 39.5 Å². The topological polar surface area (TPSA) is 78.9 Å². The molecule has 8 heteroatoms. The molecule has 1 aromatic carbocycles. The van der Waals surface area contributed by atoms with E-state index < -0.39 is 0 Å². The third kappa shape index (κ3) is 5.85. The quantitative estimate of drug-likeness (QED) is 0.653. The zero-order valence-electron chi connectivity index (χ0n) is 20.4. The second-order valence-corrected chi connectivity index (χ2v) is 9.45. The number of piperazine rings is 1. The molecule has 0 bridgehead atoms. The molecule has 2 fully saturated rings. The van der Waals surface area contributed by atoms with Crippen LogP contribution in [0.5, 0.6) is 5.75 Å². The Bertz CT molecular complexity index is 981. The van der Waals surface area contributed by atoms with Crippen LogP contribution in [0.3, 0.4) is 0 Å². The lowest BCUT2D eigenvalue weighted by Crippen LogP contribution is -2.52. The first-order valence-electron chi connectivity index (χ1n) is 12.3. The number of benzene rings is 1. The van der Waals surface area contributed by atoms with Gasteiger partial charge in [-0.1, -0.05) is 32.0 Å². The van der Waals surface area contributed by atoms with E-state index in [0.717, 1.165) is 30.4 Å². The highest BCUT2D eigenvalue weighted by atomic mass is 16.5. The molecule has 2 saturated heterocycles. The highest BCUT2D eigenvalue weighted by molar-refractivity contribution is 5.81. The Morgan fingerprint density at radius 2 is 1.65 bits per heavy atom. The van der Waals surface area contributed by atoms with Crippen LogP contribution in [0.15, 0.2) is 36.4 Å². The molecule has 0 spiro atoms. The summed E-state index contributed by atoms with van der Waals surface area (Å²) in [7, 11) is 0. The summed E-state index contributed by atoms with van der Waals surface area (Å²) in [5, 5.41) is 0. The maximum absolute atomic E-state index is 13.1. The van der Waals surface area contributed by atoms with Crippen molar-refractivity contribution < 1.29 is 14.3 Å². The lowest BCUT2D eigenvalue weighted by molar-refractivity contribution is -0.141. The molecule has 0 radical (unpaired) electrons. The first-order chi connectivity index (χ1) is 16.4. The van der Waals surface area contributed by atoms with E-state index in [0.29, 0.717) is 44.8 Å². The van der Waals surface area contributed by atoms with Crippen LogP contribution in [-0.2, 0) is 9.59 Å². The number of carbonyl (C=O) groups excluding carboxylic acids is 2. The van der Waals surface area contributed by atoms with E-state index in [9.17, 15) is 9.59 Å². The third-order valence-corrected chi connectivity index (χ3v) is 6.59. The number of hydrogen-bond acceptors (Lipinski definition) is 6. The number of anilines is 1. The number of amides is 2. The molecular weight excluding hydrogens is 430 g/mol. The van der Waals surface area contributed by atoms with Crippen molar-refractivity contribution >= 4 is 17.6 Å². The zero-order valence-corrected chi connectivity index (χ0v) is 20.4. The molecule has 0 N–H and O–H groups in total. The second-order valence-electron chi connectivity index (χ2n) is 9.45. The standard InChI is InChI=1S/C26H35N5O3/c1-19(2)25-27-20(3)17-23(28-25)29-13-15-31(16-14-29)26(33)21-9-11-30(12-10-21)24(32)18-34-22-7-5-4-6-8-22/h4-8,17,19,21H,9-16,18H2,1-3H3. The summed E-state index contributed by atoms with van der Waals surface area (Å²) in [6.45, 7) is 10.4. The molecule has 0 unspecified atom stereocenters. The van der Waals surface area contributed by atoms with Gasteiger partial charge in [0.1, 0.15) is 17.4 Å². The average Bonchev–Trinajstić information content (AvgIpc) is 2.87. The van der Waals surface area contributed by atoms with Crippen molar-refractivity contribution in [2.24, 2.45) is 5.92 Å². The number of rotatable bonds is 6. The minimum absolute atomic E-state index is 0.0144. The highest BCUT2D eigenvalue weighted by Gasteiger charge is 2.32. The number of likely N-dealkylation sites (tertiary alicyclic amines) is 1. The van der Waals surface area contributed by atoms with Crippen LogP contribution in [-0.4, -0.2) is 77.5 Å².